The molecule has 0 spiro atoms. The van der Waals surface area contributed by atoms with E-state index in [9.17, 15) is 9.59 Å². The number of aromatic nitrogens is 1. The third kappa shape index (κ3) is 6.29. The van der Waals surface area contributed by atoms with Crippen LogP contribution in [0.2, 0.25) is 0 Å². The molecular weight excluding hydrogens is 368 g/mol. The highest BCUT2D eigenvalue weighted by molar-refractivity contribution is 5.91. The van der Waals surface area contributed by atoms with Crippen LogP contribution in [0, 0.1) is 12.8 Å². The number of rotatable bonds is 7. The maximum absolute atomic E-state index is 12.5. The number of nitrogens with zero attached hydrogens (tertiary/aromatic N) is 2. The maximum Gasteiger partial charge on any atom is 0.234 e. The number of amides is 2. The average Bonchev–Trinajstić information content (AvgIpc) is 2.73. The van der Waals surface area contributed by atoms with Gasteiger partial charge in [0.25, 0.3) is 0 Å². The third-order valence-electron chi connectivity index (χ3n) is 5.14. The van der Waals surface area contributed by atoms with E-state index < -0.39 is 0 Å². The average molecular weight is 396 g/mol. The van der Waals surface area contributed by atoms with E-state index in [4.69, 9.17) is 4.74 Å². The second kappa shape index (κ2) is 10.0. The number of likely N-dealkylation sites (tertiary alicyclic amines) is 1. The molecule has 154 valence electrons. The molecule has 0 atom stereocenters. The zero-order chi connectivity index (χ0) is 20.6. The summed E-state index contributed by atoms with van der Waals surface area (Å²) in [7, 11) is 1.63. The van der Waals surface area contributed by atoms with Gasteiger partial charge in [-0.1, -0.05) is 12.1 Å². The fraction of sp³-hybridized carbons (Fsp3) is 0.409. The van der Waals surface area contributed by atoms with Crippen molar-refractivity contribution in [3.05, 3.63) is 53.7 Å². The fourth-order valence-electron chi connectivity index (χ4n) is 3.39. The fourth-order valence-corrected chi connectivity index (χ4v) is 3.39. The topological polar surface area (TPSA) is 83.6 Å². The summed E-state index contributed by atoms with van der Waals surface area (Å²) in [5, 5.41) is 5.84. The summed E-state index contributed by atoms with van der Waals surface area (Å²) in [6, 6.07) is 11.4. The first-order valence-electron chi connectivity index (χ1n) is 9.89. The second-order valence-corrected chi connectivity index (χ2v) is 7.38. The monoisotopic (exact) mass is 396 g/mol. The van der Waals surface area contributed by atoms with E-state index in [0.717, 1.165) is 42.8 Å². The number of methoxy groups -OCH3 is 1. The van der Waals surface area contributed by atoms with Gasteiger partial charge in [0.1, 0.15) is 11.6 Å². The molecule has 7 nitrogen and oxygen atoms in total. The summed E-state index contributed by atoms with van der Waals surface area (Å²) in [6.07, 6.45) is 3.17. The van der Waals surface area contributed by atoms with Crippen molar-refractivity contribution in [1.82, 2.24) is 15.2 Å². The zero-order valence-electron chi connectivity index (χ0n) is 17.0. The minimum Gasteiger partial charge on any atom is -0.497 e. The molecule has 3 rings (SSSR count). The van der Waals surface area contributed by atoms with Crippen LogP contribution in [-0.2, 0) is 16.1 Å². The Hall–Kier alpha value is -2.93. The van der Waals surface area contributed by atoms with Crippen molar-refractivity contribution < 1.29 is 14.3 Å². The summed E-state index contributed by atoms with van der Waals surface area (Å²) < 4.78 is 5.13. The predicted molar refractivity (Wildman–Crippen MR) is 112 cm³/mol. The molecule has 0 aliphatic carbocycles. The van der Waals surface area contributed by atoms with Crippen LogP contribution in [0.5, 0.6) is 5.75 Å². The molecule has 0 saturated carbocycles. The number of anilines is 1. The number of benzene rings is 1. The molecule has 1 saturated heterocycles. The number of hydrogen-bond donors (Lipinski definition) is 2. The molecule has 2 aromatic rings. The molecule has 2 N–H and O–H groups in total. The Morgan fingerprint density at radius 3 is 2.55 bits per heavy atom. The lowest BCUT2D eigenvalue weighted by Gasteiger charge is -2.30. The Morgan fingerprint density at radius 1 is 1.17 bits per heavy atom. The third-order valence-corrected chi connectivity index (χ3v) is 5.14. The minimum absolute atomic E-state index is 0.00621. The van der Waals surface area contributed by atoms with Crippen molar-refractivity contribution >= 4 is 17.6 Å². The van der Waals surface area contributed by atoms with E-state index >= 15 is 0 Å². The molecule has 1 aromatic heterocycles. The molecule has 0 radical (unpaired) electrons. The summed E-state index contributed by atoms with van der Waals surface area (Å²) in [5.74, 6) is 1.34. The Bertz CT molecular complexity index is 830. The number of aryl methyl sites for hydroxylation is 1. The molecule has 2 heterocycles. The van der Waals surface area contributed by atoms with Crippen LogP contribution in [0.1, 0.15) is 24.0 Å². The van der Waals surface area contributed by atoms with Gasteiger partial charge < -0.3 is 15.4 Å². The lowest BCUT2D eigenvalue weighted by molar-refractivity contribution is -0.123. The highest BCUT2D eigenvalue weighted by Gasteiger charge is 2.26. The number of carbonyl (C=O) groups is 2. The molecule has 1 aromatic carbocycles. The van der Waals surface area contributed by atoms with Gasteiger partial charge in [0.2, 0.25) is 11.8 Å². The quantitative estimate of drug-likeness (QED) is 0.751. The zero-order valence-corrected chi connectivity index (χ0v) is 17.0. The second-order valence-electron chi connectivity index (χ2n) is 7.38. The molecular formula is C22H28N4O3. The number of carbonyl (C=O) groups excluding carboxylic acids is 2. The summed E-state index contributed by atoms with van der Waals surface area (Å²) >= 11 is 0. The largest absolute Gasteiger partial charge is 0.497 e. The van der Waals surface area contributed by atoms with Crippen molar-refractivity contribution in [2.75, 3.05) is 32.1 Å². The van der Waals surface area contributed by atoms with Crippen LogP contribution in [0.4, 0.5) is 5.82 Å². The SMILES string of the molecule is COc1ccc(CNC(=O)CN2CCC(C(=O)Nc3cc(C)ccn3)CC2)cc1. The van der Waals surface area contributed by atoms with Gasteiger partial charge in [-0.2, -0.15) is 0 Å². The lowest BCUT2D eigenvalue weighted by atomic mass is 9.96. The van der Waals surface area contributed by atoms with Gasteiger partial charge in [-0.05, 0) is 68.2 Å². The first kappa shape index (κ1) is 20.8. The van der Waals surface area contributed by atoms with Crippen molar-refractivity contribution in [2.45, 2.75) is 26.3 Å². The van der Waals surface area contributed by atoms with Crippen LogP contribution >= 0.6 is 0 Å². The highest BCUT2D eigenvalue weighted by atomic mass is 16.5. The minimum atomic E-state index is -0.0454. The van der Waals surface area contributed by atoms with Crippen LogP contribution in [-0.4, -0.2) is 48.4 Å². The van der Waals surface area contributed by atoms with Crippen LogP contribution in [0.25, 0.3) is 0 Å². The van der Waals surface area contributed by atoms with Gasteiger partial charge in [0, 0.05) is 18.7 Å². The lowest BCUT2D eigenvalue weighted by Crippen LogP contribution is -2.43. The van der Waals surface area contributed by atoms with E-state index in [1.54, 1.807) is 13.3 Å². The van der Waals surface area contributed by atoms with E-state index in [1.165, 1.54) is 0 Å². The summed E-state index contributed by atoms with van der Waals surface area (Å²) in [6.45, 7) is 4.27. The van der Waals surface area contributed by atoms with Crippen molar-refractivity contribution in [3.8, 4) is 5.75 Å². The Morgan fingerprint density at radius 2 is 1.90 bits per heavy atom. The molecule has 1 aliphatic heterocycles. The highest BCUT2D eigenvalue weighted by Crippen LogP contribution is 2.19. The van der Waals surface area contributed by atoms with Crippen LogP contribution in [0.3, 0.4) is 0 Å². The van der Waals surface area contributed by atoms with Crippen molar-refractivity contribution in [1.29, 1.82) is 0 Å². The number of piperidine rings is 1. The molecule has 1 fully saturated rings. The van der Waals surface area contributed by atoms with Gasteiger partial charge in [-0.15, -0.1) is 0 Å². The predicted octanol–water partition coefficient (Wildman–Crippen LogP) is 2.37. The standard InChI is InChI=1S/C22H28N4O3/c1-16-7-10-23-20(13-16)25-22(28)18-8-11-26(12-9-18)15-21(27)24-14-17-3-5-19(29-2)6-4-17/h3-7,10,13,18H,8-9,11-12,14-15H2,1-2H3,(H,24,27)(H,23,25,28). The van der Waals surface area contributed by atoms with Gasteiger partial charge in [-0.3, -0.25) is 14.5 Å². The van der Waals surface area contributed by atoms with E-state index in [1.807, 2.05) is 43.3 Å². The van der Waals surface area contributed by atoms with E-state index in [2.05, 4.69) is 20.5 Å². The molecule has 1 aliphatic rings. The van der Waals surface area contributed by atoms with Gasteiger partial charge >= 0.3 is 0 Å². The summed E-state index contributed by atoms with van der Waals surface area (Å²) in [4.78, 5) is 31.0. The Labute approximate surface area is 171 Å². The van der Waals surface area contributed by atoms with Gasteiger partial charge in [0.15, 0.2) is 0 Å². The van der Waals surface area contributed by atoms with Crippen LogP contribution in [0.15, 0.2) is 42.6 Å². The van der Waals surface area contributed by atoms with Crippen LogP contribution < -0.4 is 15.4 Å². The number of hydrogen-bond acceptors (Lipinski definition) is 5. The Balaban J connectivity index is 1.38. The number of pyridine rings is 1. The first-order valence-corrected chi connectivity index (χ1v) is 9.89. The van der Waals surface area contributed by atoms with Gasteiger partial charge in [0.05, 0.1) is 13.7 Å². The molecule has 0 unspecified atom stereocenters. The number of ether oxygens (including phenoxy) is 1. The normalized spacial score (nSPS) is 15.0. The molecule has 2 amide bonds. The van der Waals surface area contributed by atoms with Crippen molar-refractivity contribution in [2.24, 2.45) is 5.92 Å². The molecule has 0 bridgehead atoms. The van der Waals surface area contributed by atoms with E-state index in [0.29, 0.717) is 18.9 Å². The van der Waals surface area contributed by atoms with Crippen molar-refractivity contribution in [3.63, 3.8) is 0 Å². The Kier molecular flexibility index (Phi) is 7.19. The summed E-state index contributed by atoms with van der Waals surface area (Å²) in [5.41, 5.74) is 2.09. The van der Waals surface area contributed by atoms with Gasteiger partial charge in [-0.25, -0.2) is 4.98 Å². The number of nitrogens with one attached hydrogen (secondary N) is 2. The first-order chi connectivity index (χ1) is 14.0. The molecule has 29 heavy (non-hydrogen) atoms. The maximum atomic E-state index is 12.5. The van der Waals surface area contributed by atoms with E-state index in [-0.39, 0.29) is 17.7 Å². The molecule has 7 heteroatoms. The smallest absolute Gasteiger partial charge is 0.234 e.